The smallest absolute Gasteiger partial charge is 0.165 e. The number of unbranched alkanes of at least 4 members (excludes halogenated alkanes) is 5. The Bertz CT molecular complexity index is 379. The first-order valence-corrected chi connectivity index (χ1v) is 7.80. The molecule has 2 N–H and O–H groups in total. The highest BCUT2D eigenvalue weighted by Gasteiger charge is 2.06. The molecular formula is C17H28FNO. The summed E-state index contributed by atoms with van der Waals surface area (Å²) in [4.78, 5) is 0. The van der Waals surface area contributed by atoms with E-state index in [-0.39, 0.29) is 11.9 Å². The average Bonchev–Trinajstić information content (AvgIpc) is 2.39. The minimum Gasteiger partial charge on any atom is -0.491 e. The van der Waals surface area contributed by atoms with Crippen LogP contribution in [0.4, 0.5) is 4.39 Å². The molecule has 0 fully saturated rings. The van der Waals surface area contributed by atoms with Crippen molar-refractivity contribution in [1.29, 1.82) is 0 Å². The highest BCUT2D eigenvalue weighted by atomic mass is 19.1. The molecule has 2 nitrogen and oxygen atoms in total. The summed E-state index contributed by atoms with van der Waals surface area (Å²) in [5.41, 5.74) is 6.63. The minimum absolute atomic E-state index is 0.0456. The molecule has 0 saturated heterocycles. The Hall–Kier alpha value is -1.09. The van der Waals surface area contributed by atoms with Crippen molar-refractivity contribution in [2.75, 3.05) is 6.61 Å². The molecule has 0 aliphatic heterocycles. The van der Waals surface area contributed by atoms with Gasteiger partial charge in [0.15, 0.2) is 11.6 Å². The van der Waals surface area contributed by atoms with Crippen molar-refractivity contribution in [3.63, 3.8) is 0 Å². The van der Waals surface area contributed by atoms with E-state index in [9.17, 15) is 4.39 Å². The van der Waals surface area contributed by atoms with Gasteiger partial charge in [-0.25, -0.2) is 4.39 Å². The molecule has 1 unspecified atom stereocenters. The largest absolute Gasteiger partial charge is 0.491 e. The van der Waals surface area contributed by atoms with Crippen LogP contribution in [0.15, 0.2) is 18.2 Å². The Balaban J connectivity index is 2.26. The van der Waals surface area contributed by atoms with Gasteiger partial charge in [0.05, 0.1) is 6.61 Å². The van der Waals surface area contributed by atoms with Crippen molar-refractivity contribution in [1.82, 2.24) is 0 Å². The second-order valence-corrected chi connectivity index (χ2v) is 5.56. The number of ether oxygens (including phenoxy) is 1. The normalized spacial score (nSPS) is 12.4. The molecular weight excluding hydrogens is 253 g/mol. The Kier molecular flexibility index (Phi) is 8.28. The van der Waals surface area contributed by atoms with Gasteiger partial charge in [0.2, 0.25) is 0 Å². The minimum atomic E-state index is -0.283. The zero-order valence-corrected chi connectivity index (χ0v) is 12.8. The van der Waals surface area contributed by atoms with Crippen LogP contribution in [-0.2, 0) is 6.42 Å². The molecule has 0 aromatic heterocycles. The Morgan fingerprint density at radius 3 is 2.50 bits per heavy atom. The zero-order chi connectivity index (χ0) is 14.8. The van der Waals surface area contributed by atoms with Crippen molar-refractivity contribution >= 4 is 0 Å². The maximum Gasteiger partial charge on any atom is 0.165 e. The third kappa shape index (κ3) is 6.90. The van der Waals surface area contributed by atoms with Gasteiger partial charge in [-0.15, -0.1) is 0 Å². The first kappa shape index (κ1) is 17.0. The molecule has 1 atom stereocenters. The van der Waals surface area contributed by atoms with Gasteiger partial charge in [-0.05, 0) is 37.5 Å². The standard InChI is InChI=1S/C17H28FNO/c1-3-4-5-6-7-8-11-20-17-10-9-15(12-14(2)19)13-16(17)18/h9-10,13-14H,3-8,11-12,19H2,1-2H3. The van der Waals surface area contributed by atoms with Crippen LogP contribution in [0.3, 0.4) is 0 Å². The fraction of sp³-hybridized carbons (Fsp3) is 0.647. The summed E-state index contributed by atoms with van der Waals surface area (Å²) < 4.78 is 19.3. The molecule has 1 aromatic carbocycles. The van der Waals surface area contributed by atoms with E-state index < -0.39 is 0 Å². The highest BCUT2D eigenvalue weighted by molar-refractivity contribution is 5.29. The molecule has 0 amide bonds. The molecule has 114 valence electrons. The predicted molar refractivity (Wildman–Crippen MR) is 82.6 cm³/mol. The van der Waals surface area contributed by atoms with Gasteiger partial charge in [0.25, 0.3) is 0 Å². The van der Waals surface area contributed by atoms with Gasteiger partial charge in [-0.2, -0.15) is 0 Å². The number of nitrogens with two attached hydrogens (primary N) is 1. The summed E-state index contributed by atoms with van der Waals surface area (Å²) in [5.74, 6) is 0.0705. The summed E-state index contributed by atoms with van der Waals surface area (Å²) in [6.45, 7) is 4.72. The molecule has 1 rings (SSSR count). The number of hydrogen-bond donors (Lipinski definition) is 1. The van der Waals surface area contributed by atoms with E-state index in [1.807, 2.05) is 13.0 Å². The Labute approximate surface area is 122 Å². The number of benzene rings is 1. The second kappa shape index (κ2) is 9.76. The van der Waals surface area contributed by atoms with E-state index in [4.69, 9.17) is 10.5 Å². The van der Waals surface area contributed by atoms with E-state index in [2.05, 4.69) is 6.92 Å². The highest BCUT2D eigenvalue weighted by Crippen LogP contribution is 2.19. The molecule has 0 bridgehead atoms. The Morgan fingerprint density at radius 1 is 1.15 bits per heavy atom. The lowest BCUT2D eigenvalue weighted by molar-refractivity contribution is 0.290. The van der Waals surface area contributed by atoms with Crippen molar-refractivity contribution in [2.24, 2.45) is 5.73 Å². The van der Waals surface area contributed by atoms with Crippen LogP contribution in [0.1, 0.15) is 57.9 Å². The van der Waals surface area contributed by atoms with Gasteiger partial charge < -0.3 is 10.5 Å². The first-order chi connectivity index (χ1) is 9.63. The SMILES string of the molecule is CCCCCCCCOc1ccc(CC(C)N)cc1F. The summed E-state index contributed by atoms with van der Waals surface area (Å²) in [6, 6.07) is 5.18. The molecule has 0 heterocycles. The first-order valence-electron chi connectivity index (χ1n) is 7.80. The van der Waals surface area contributed by atoms with Crippen molar-refractivity contribution in [3.8, 4) is 5.75 Å². The maximum absolute atomic E-state index is 13.8. The van der Waals surface area contributed by atoms with Gasteiger partial charge in [0.1, 0.15) is 0 Å². The quantitative estimate of drug-likeness (QED) is 0.643. The summed E-state index contributed by atoms with van der Waals surface area (Å²) in [5, 5.41) is 0. The molecule has 1 aromatic rings. The van der Waals surface area contributed by atoms with E-state index >= 15 is 0 Å². The number of halogens is 1. The lowest BCUT2D eigenvalue weighted by atomic mass is 10.1. The van der Waals surface area contributed by atoms with Crippen LogP contribution in [0.5, 0.6) is 5.75 Å². The average molecular weight is 281 g/mol. The summed E-state index contributed by atoms with van der Waals surface area (Å²) in [6.07, 6.45) is 7.93. The molecule has 0 aliphatic carbocycles. The van der Waals surface area contributed by atoms with Crippen molar-refractivity contribution < 1.29 is 9.13 Å². The zero-order valence-electron chi connectivity index (χ0n) is 12.8. The van der Waals surface area contributed by atoms with E-state index in [1.165, 1.54) is 31.7 Å². The predicted octanol–water partition coefficient (Wildman–Crippen LogP) is 4.45. The molecule has 20 heavy (non-hydrogen) atoms. The fourth-order valence-electron chi connectivity index (χ4n) is 2.22. The molecule has 0 spiro atoms. The Morgan fingerprint density at radius 2 is 1.85 bits per heavy atom. The van der Waals surface area contributed by atoms with Crippen LogP contribution in [-0.4, -0.2) is 12.6 Å². The molecule has 3 heteroatoms. The van der Waals surface area contributed by atoms with E-state index in [0.29, 0.717) is 18.8 Å². The summed E-state index contributed by atoms with van der Waals surface area (Å²) in [7, 11) is 0. The lowest BCUT2D eigenvalue weighted by Crippen LogP contribution is -2.17. The number of hydrogen-bond acceptors (Lipinski definition) is 2. The molecule has 0 aliphatic rings. The van der Waals surface area contributed by atoms with E-state index in [0.717, 1.165) is 18.4 Å². The van der Waals surface area contributed by atoms with Crippen LogP contribution in [0.25, 0.3) is 0 Å². The topological polar surface area (TPSA) is 35.2 Å². The molecule has 0 saturated carbocycles. The summed E-state index contributed by atoms with van der Waals surface area (Å²) >= 11 is 0. The third-order valence-corrected chi connectivity index (χ3v) is 3.31. The van der Waals surface area contributed by atoms with Gasteiger partial charge in [-0.3, -0.25) is 0 Å². The third-order valence-electron chi connectivity index (χ3n) is 3.31. The van der Waals surface area contributed by atoms with Crippen molar-refractivity contribution in [2.45, 2.75) is 64.8 Å². The second-order valence-electron chi connectivity index (χ2n) is 5.56. The van der Waals surface area contributed by atoms with Crippen LogP contribution >= 0.6 is 0 Å². The van der Waals surface area contributed by atoms with Gasteiger partial charge in [0, 0.05) is 6.04 Å². The number of rotatable bonds is 10. The van der Waals surface area contributed by atoms with Crippen LogP contribution in [0.2, 0.25) is 0 Å². The maximum atomic E-state index is 13.8. The van der Waals surface area contributed by atoms with Gasteiger partial charge in [-0.1, -0.05) is 45.1 Å². The molecule has 0 radical (unpaired) electrons. The van der Waals surface area contributed by atoms with E-state index in [1.54, 1.807) is 6.07 Å². The lowest BCUT2D eigenvalue weighted by Gasteiger charge is -2.10. The monoisotopic (exact) mass is 281 g/mol. The fourth-order valence-corrected chi connectivity index (χ4v) is 2.22. The van der Waals surface area contributed by atoms with Crippen LogP contribution in [0, 0.1) is 5.82 Å². The van der Waals surface area contributed by atoms with Crippen LogP contribution < -0.4 is 10.5 Å². The van der Waals surface area contributed by atoms with Crippen molar-refractivity contribution in [3.05, 3.63) is 29.6 Å². The van der Waals surface area contributed by atoms with Gasteiger partial charge >= 0.3 is 0 Å².